The zero-order chi connectivity index (χ0) is 17.0. The van der Waals surface area contributed by atoms with Crippen LogP contribution in [0.5, 0.6) is 5.75 Å². The van der Waals surface area contributed by atoms with Crippen LogP contribution in [0.25, 0.3) is 10.9 Å². The van der Waals surface area contributed by atoms with Crippen molar-refractivity contribution in [2.24, 2.45) is 0 Å². The van der Waals surface area contributed by atoms with Crippen LogP contribution in [0.2, 0.25) is 0 Å². The highest BCUT2D eigenvalue weighted by Crippen LogP contribution is 2.20. The van der Waals surface area contributed by atoms with Crippen LogP contribution in [0.3, 0.4) is 0 Å². The molecule has 0 aliphatic heterocycles. The maximum absolute atomic E-state index is 5.67. The highest BCUT2D eigenvalue weighted by atomic mass is 79.9. The standard InChI is InChI=1S/C17H23BrN2O4/c18-5-6-21-7-8-22-9-10-23-11-12-24-15-2-3-16-14(13-15)1-4-17(19)20-16/h1-4,13H,5-12H2,(H2,19,20). The van der Waals surface area contributed by atoms with Gasteiger partial charge in [-0.05, 0) is 30.3 Å². The Balaban J connectivity index is 1.54. The number of nitrogens with zero attached hydrogens (tertiary/aromatic N) is 1. The molecule has 0 spiro atoms. The predicted octanol–water partition coefficient (Wildman–Crippen LogP) is 2.64. The van der Waals surface area contributed by atoms with Crippen LogP contribution < -0.4 is 10.5 Å². The van der Waals surface area contributed by atoms with Gasteiger partial charge in [-0.1, -0.05) is 15.9 Å². The Morgan fingerprint density at radius 3 is 2.21 bits per heavy atom. The molecule has 0 saturated carbocycles. The molecule has 0 aliphatic rings. The molecule has 0 unspecified atom stereocenters. The number of anilines is 1. The van der Waals surface area contributed by atoms with E-state index in [1.165, 1.54) is 0 Å². The van der Waals surface area contributed by atoms with Gasteiger partial charge in [0.25, 0.3) is 0 Å². The molecular formula is C17H23BrN2O4. The molecule has 7 heteroatoms. The second kappa shape index (κ2) is 11.2. The van der Waals surface area contributed by atoms with Gasteiger partial charge in [-0.15, -0.1) is 0 Å². The first kappa shape index (κ1) is 18.9. The molecule has 0 saturated heterocycles. The molecule has 0 amide bonds. The Labute approximate surface area is 150 Å². The minimum atomic E-state index is 0.488. The van der Waals surface area contributed by atoms with Crippen LogP contribution in [0.15, 0.2) is 30.3 Å². The minimum absolute atomic E-state index is 0.488. The van der Waals surface area contributed by atoms with Crippen molar-refractivity contribution in [2.75, 3.05) is 57.3 Å². The van der Waals surface area contributed by atoms with E-state index in [1.807, 2.05) is 24.3 Å². The summed E-state index contributed by atoms with van der Waals surface area (Å²) < 4.78 is 21.8. The van der Waals surface area contributed by atoms with Gasteiger partial charge in [0.05, 0.1) is 45.2 Å². The van der Waals surface area contributed by atoms with Crippen molar-refractivity contribution in [2.45, 2.75) is 0 Å². The lowest BCUT2D eigenvalue weighted by atomic mass is 10.2. The number of pyridine rings is 1. The number of fused-ring (bicyclic) bond motifs is 1. The minimum Gasteiger partial charge on any atom is -0.491 e. The summed E-state index contributed by atoms with van der Waals surface area (Å²) in [5.41, 5.74) is 6.52. The van der Waals surface area contributed by atoms with Crippen molar-refractivity contribution in [1.29, 1.82) is 0 Å². The molecule has 2 aromatic rings. The van der Waals surface area contributed by atoms with E-state index in [9.17, 15) is 0 Å². The lowest BCUT2D eigenvalue weighted by Gasteiger charge is -2.09. The van der Waals surface area contributed by atoms with Crippen molar-refractivity contribution in [1.82, 2.24) is 4.98 Å². The number of nitrogen functional groups attached to an aromatic ring is 1. The molecular weight excluding hydrogens is 376 g/mol. The fourth-order valence-electron chi connectivity index (χ4n) is 2.02. The zero-order valence-electron chi connectivity index (χ0n) is 13.6. The van der Waals surface area contributed by atoms with E-state index in [1.54, 1.807) is 6.07 Å². The first-order valence-electron chi connectivity index (χ1n) is 7.88. The van der Waals surface area contributed by atoms with Crippen LogP contribution in [0.4, 0.5) is 5.82 Å². The molecule has 0 fully saturated rings. The molecule has 0 atom stereocenters. The third-order valence-corrected chi connectivity index (χ3v) is 3.47. The Hall–Kier alpha value is -1.41. The smallest absolute Gasteiger partial charge is 0.124 e. The van der Waals surface area contributed by atoms with Crippen LogP contribution in [0.1, 0.15) is 0 Å². The van der Waals surface area contributed by atoms with Gasteiger partial charge in [0.15, 0.2) is 0 Å². The number of ether oxygens (including phenoxy) is 4. The number of nitrogens with two attached hydrogens (primary N) is 1. The highest BCUT2D eigenvalue weighted by molar-refractivity contribution is 9.09. The number of hydrogen-bond donors (Lipinski definition) is 1. The van der Waals surface area contributed by atoms with Crippen molar-refractivity contribution in [3.63, 3.8) is 0 Å². The lowest BCUT2D eigenvalue weighted by molar-refractivity contribution is 0.0119. The molecule has 1 aromatic heterocycles. The van der Waals surface area contributed by atoms with Gasteiger partial charge in [-0.25, -0.2) is 4.98 Å². The molecule has 1 aromatic carbocycles. The number of benzene rings is 1. The number of rotatable bonds is 12. The topological polar surface area (TPSA) is 75.8 Å². The van der Waals surface area contributed by atoms with E-state index in [0.717, 1.165) is 22.0 Å². The summed E-state index contributed by atoms with van der Waals surface area (Å²) in [7, 11) is 0. The summed E-state index contributed by atoms with van der Waals surface area (Å²) in [5, 5.41) is 1.84. The molecule has 24 heavy (non-hydrogen) atoms. The fraction of sp³-hybridized carbons (Fsp3) is 0.471. The Bertz CT molecular complexity index is 612. The molecule has 0 bridgehead atoms. The van der Waals surface area contributed by atoms with Crippen LogP contribution in [-0.4, -0.2) is 56.6 Å². The lowest BCUT2D eigenvalue weighted by Crippen LogP contribution is -2.13. The summed E-state index contributed by atoms with van der Waals surface area (Å²) in [5.74, 6) is 1.30. The third kappa shape index (κ3) is 7.00. The van der Waals surface area contributed by atoms with Gasteiger partial charge in [-0.2, -0.15) is 0 Å². The van der Waals surface area contributed by atoms with E-state index in [0.29, 0.717) is 52.1 Å². The average molecular weight is 399 g/mol. The van der Waals surface area contributed by atoms with Crippen molar-refractivity contribution < 1.29 is 18.9 Å². The summed E-state index contributed by atoms with van der Waals surface area (Å²) >= 11 is 3.29. The van der Waals surface area contributed by atoms with E-state index in [2.05, 4.69) is 20.9 Å². The molecule has 6 nitrogen and oxygen atoms in total. The molecule has 2 rings (SSSR count). The summed E-state index contributed by atoms with van der Waals surface area (Å²) in [4.78, 5) is 4.25. The summed E-state index contributed by atoms with van der Waals surface area (Å²) in [6, 6.07) is 9.43. The van der Waals surface area contributed by atoms with Gasteiger partial charge < -0.3 is 24.7 Å². The Morgan fingerprint density at radius 2 is 1.50 bits per heavy atom. The van der Waals surface area contributed by atoms with Gasteiger partial charge in [-0.3, -0.25) is 0 Å². The maximum Gasteiger partial charge on any atom is 0.124 e. The largest absolute Gasteiger partial charge is 0.491 e. The van der Waals surface area contributed by atoms with Crippen molar-refractivity contribution >= 4 is 32.7 Å². The Kier molecular flexibility index (Phi) is 8.83. The van der Waals surface area contributed by atoms with E-state index < -0.39 is 0 Å². The number of hydrogen-bond acceptors (Lipinski definition) is 6. The third-order valence-electron chi connectivity index (χ3n) is 3.14. The van der Waals surface area contributed by atoms with E-state index in [-0.39, 0.29) is 0 Å². The van der Waals surface area contributed by atoms with Gasteiger partial charge >= 0.3 is 0 Å². The molecule has 1 heterocycles. The first-order valence-corrected chi connectivity index (χ1v) is 9.00. The Morgan fingerprint density at radius 1 is 0.833 bits per heavy atom. The second-order valence-corrected chi connectivity index (χ2v) is 5.76. The number of halogens is 1. The van der Waals surface area contributed by atoms with Crippen molar-refractivity contribution in [3.05, 3.63) is 30.3 Å². The van der Waals surface area contributed by atoms with Gasteiger partial charge in [0.2, 0.25) is 0 Å². The van der Waals surface area contributed by atoms with Crippen LogP contribution in [0, 0.1) is 0 Å². The number of alkyl halides is 1. The molecule has 0 aliphatic carbocycles. The summed E-state index contributed by atoms with van der Waals surface area (Å²) in [6.07, 6.45) is 0. The fourth-order valence-corrected chi connectivity index (χ4v) is 2.25. The second-order valence-electron chi connectivity index (χ2n) is 4.97. The van der Waals surface area contributed by atoms with E-state index in [4.69, 9.17) is 24.7 Å². The first-order chi connectivity index (χ1) is 11.8. The molecule has 132 valence electrons. The average Bonchev–Trinajstić information content (AvgIpc) is 2.59. The van der Waals surface area contributed by atoms with Gasteiger partial charge in [0.1, 0.15) is 18.2 Å². The van der Waals surface area contributed by atoms with E-state index >= 15 is 0 Å². The van der Waals surface area contributed by atoms with Crippen LogP contribution >= 0.6 is 15.9 Å². The summed E-state index contributed by atoms with van der Waals surface area (Å²) in [6.45, 7) is 4.00. The zero-order valence-corrected chi connectivity index (χ0v) is 15.2. The normalized spacial score (nSPS) is 11.0. The van der Waals surface area contributed by atoms with Crippen molar-refractivity contribution in [3.8, 4) is 5.75 Å². The number of aromatic nitrogens is 1. The predicted molar refractivity (Wildman–Crippen MR) is 97.9 cm³/mol. The SMILES string of the molecule is Nc1ccc2cc(OCCOCCOCCOCCBr)ccc2n1. The molecule has 0 radical (unpaired) electrons. The van der Waals surface area contributed by atoms with Gasteiger partial charge in [0, 0.05) is 10.7 Å². The monoisotopic (exact) mass is 398 g/mol. The maximum atomic E-state index is 5.67. The quantitative estimate of drug-likeness (QED) is 0.437. The molecule has 2 N–H and O–H groups in total. The highest BCUT2D eigenvalue weighted by Gasteiger charge is 1.99. The van der Waals surface area contributed by atoms with Crippen LogP contribution in [-0.2, 0) is 14.2 Å².